The Hall–Kier alpha value is -1.55. The standard InChI is InChI=1S/C16H22ClNO3/c1-10-5-6-12(13(17)7-10)14(19)18-9-11(15(20)21)8-16(2,3)4/h5-7,11H,8-9H2,1-4H3,(H,18,19)(H,20,21). The molecule has 1 unspecified atom stereocenters. The first-order valence-corrected chi connectivity index (χ1v) is 7.25. The van der Waals surface area contributed by atoms with Gasteiger partial charge < -0.3 is 10.4 Å². The maximum atomic E-state index is 12.1. The summed E-state index contributed by atoms with van der Waals surface area (Å²) in [7, 11) is 0. The third-order valence-electron chi connectivity index (χ3n) is 3.09. The molecule has 0 aliphatic rings. The van der Waals surface area contributed by atoms with E-state index >= 15 is 0 Å². The molecule has 0 aromatic heterocycles. The molecule has 1 atom stereocenters. The molecule has 1 aromatic carbocycles. The predicted molar refractivity (Wildman–Crippen MR) is 83.7 cm³/mol. The van der Waals surface area contributed by atoms with Crippen LogP contribution < -0.4 is 5.32 Å². The van der Waals surface area contributed by atoms with E-state index in [1.54, 1.807) is 18.2 Å². The number of carboxylic acids is 1. The third-order valence-corrected chi connectivity index (χ3v) is 3.40. The van der Waals surface area contributed by atoms with Crippen molar-refractivity contribution in [3.05, 3.63) is 34.3 Å². The topological polar surface area (TPSA) is 66.4 Å². The van der Waals surface area contributed by atoms with Crippen LogP contribution in [-0.4, -0.2) is 23.5 Å². The minimum absolute atomic E-state index is 0.0929. The van der Waals surface area contributed by atoms with E-state index < -0.39 is 11.9 Å². The lowest BCUT2D eigenvalue weighted by Gasteiger charge is -2.23. The van der Waals surface area contributed by atoms with Gasteiger partial charge in [-0.1, -0.05) is 38.4 Å². The Morgan fingerprint density at radius 3 is 2.43 bits per heavy atom. The molecule has 4 nitrogen and oxygen atoms in total. The van der Waals surface area contributed by atoms with Crippen molar-refractivity contribution in [2.45, 2.75) is 34.1 Å². The molecule has 0 heterocycles. The van der Waals surface area contributed by atoms with Gasteiger partial charge in [0, 0.05) is 6.54 Å². The number of hydrogen-bond donors (Lipinski definition) is 2. The Morgan fingerprint density at radius 1 is 1.33 bits per heavy atom. The molecule has 0 saturated heterocycles. The molecule has 2 N–H and O–H groups in total. The SMILES string of the molecule is Cc1ccc(C(=O)NCC(CC(C)(C)C)C(=O)O)c(Cl)c1. The van der Waals surface area contributed by atoms with Gasteiger partial charge in [0.1, 0.15) is 0 Å². The first-order valence-electron chi connectivity index (χ1n) is 6.87. The Kier molecular flexibility index (Phi) is 5.78. The van der Waals surface area contributed by atoms with Gasteiger partial charge in [-0.05, 0) is 36.5 Å². The van der Waals surface area contributed by atoms with Crippen LogP contribution in [-0.2, 0) is 4.79 Å². The van der Waals surface area contributed by atoms with Gasteiger partial charge in [-0.2, -0.15) is 0 Å². The second kappa shape index (κ2) is 6.94. The van der Waals surface area contributed by atoms with Crippen LogP contribution in [0.3, 0.4) is 0 Å². The quantitative estimate of drug-likeness (QED) is 0.874. The van der Waals surface area contributed by atoms with Gasteiger partial charge in [0.05, 0.1) is 16.5 Å². The van der Waals surface area contributed by atoms with Crippen LogP contribution in [0, 0.1) is 18.3 Å². The summed E-state index contributed by atoms with van der Waals surface area (Å²) in [5, 5.41) is 12.3. The highest BCUT2D eigenvalue weighted by atomic mass is 35.5. The van der Waals surface area contributed by atoms with Crippen LogP contribution in [0.15, 0.2) is 18.2 Å². The van der Waals surface area contributed by atoms with E-state index in [9.17, 15) is 14.7 Å². The molecule has 1 amide bonds. The van der Waals surface area contributed by atoms with Crippen LogP contribution in [0.2, 0.25) is 5.02 Å². The molecule has 0 fully saturated rings. The van der Waals surface area contributed by atoms with Gasteiger partial charge >= 0.3 is 5.97 Å². The van der Waals surface area contributed by atoms with Gasteiger partial charge in [0.25, 0.3) is 5.91 Å². The van der Waals surface area contributed by atoms with Crippen molar-refractivity contribution in [2.75, 3.05) is 6.54 Å². The number of carboxylic acid groups (broad SMARTS) is 1. The maximum Gasteiger partial charge on any atom is 0.308 e. The van der Waals surface area contributed by atoms with E-state index in [4.69, 9.17) is 11.6 Å². The molecule has 1 aromatic rings. The molecular formula is C16H22ClNO3. The second-order valence-electron chi connectivity index (χ2n) is 6.49. The van der Waals surface area contributed by atoms with Crippen molar-refractivity contribution in [1.29, 1.82) is 0 Å². The van der Waals surface area contributed by atoms with E-state index in [1.807, 2.05) is 27.7 Å². The van der Waals surface area contributed by atoms with Gasteiger partial charge in [0.15, 0.2) is 0 Å². The normalized spacial score (nSPS) is 12.8. The minimum atomic E-state index is -0.903. The van der Waals surface area contributed by atoms with E-state index in [0.717, 1.165) is 5.56 Å². The van der Waals surface area contributed by atoms with E-state index in [0.29, 0.717) is 17.0 Å². The third kappa shape index (κ3) is 5.76. The summed E-state index contributed by atoms with van der Waals surface area (Å²) in [4.78, 5) is 23.3. The number of nitrogens with one attached hydrogen (secondary N) is 1. The zero-order valence-corrected chi connectivity index (χ0v) is 13.6. The molecule has 0 saturated carbocycles. The summed E-state index contributed by atoms with van der Waals surface area (Å²) >= 11 is 6.03. The number of rotatable bonds is 5. The summed E-state index contributed by atoms with van der Waals surface area (Å²) in [6.45, 7) is 7.90. The lowest BCUT2D eigenvalue weighted by Crippen LogP contribution is -2.35. The molecule has 1 rings (SSSR count). The largest absolute Gasteiger partial charge is 0.481 e. The first-order chi connectivity index (χ1) is 9.60. The van der Waals surface area contributed by atoms with Gasteiger partial charge in [-0.15, -0.1) is 0 Å². The summed E-state index contributed by atoms with van der Waals surface area (Å²) in [6.07, 6.45) is 0.490. The number of aliphatic carboxylic acids is 1. The average molecular weight is 312 g/mol. The fraction of sp³-hybridized carbons (Fsp3) is 0.500. The molecule has 0 aliphatic carbocycles. The highest BCUT2D eigenvalue weighted by Crippen LogP contribution is 2.24. The molecule has 21 heavy (non-hydrogen) atoms. The predicted octanol–water partition coefficient (Wildman–Crippen LogP) is 3.52. The second-order valence-corrected chi connectivity index (χ2v) is 6.90. The number of benzene rings is 1. The van der Waals surface area contributed by atoms with Crippen molar-refractivity contribution in [3.63, 3.8) is 0 Å². The lowest BCUT2D eigenvalue weighted by atomic mass is 9.84. The number of amides is 1. The van der Waals surface area contributed by atoms with Crippen LogP contribution in [0.25, 0.3) is 0 Å². The fourth-order valence-corrected chi connectivity index (χ4v) is 2.42. The molecule has 5 heteroatoms. The molecule has 0 aliphatic heterocycles. The summed E-state index contributed by atoms with van der Waals surface area (Å²) in [6, 6.07) is 5.15. The van der Waals surface area contributed by atoms with Crippen molar-refractivity contribution in [1.82, 2.24) is 5.32 Å². The molecule has 0 spiro atoms. The number of halogens is 1. The molecule has 0 radical (unpaired) electrons. The number of carbonyl (C=O) groups is 2. The van der Waals surface area contributed by atoms with Crippen molar-refractivity contribution < 1.29 is 14.7 Å². The monoisotopic (exact) mass is 311 g/mol. The van der Waals surface area contributed by atoms with E-state index in [2.05, 4.69) is 5.32 Å². The Morgan fingerprint density at radius 2 is 1.95 bits per heavy atom. The van der Waals surface area contributed by atoms with Crippen molar-refractivity contribution in [3.8, 4) is 0 Å². The van der Waals surface area contributed by atoms with Gasteiger partial charge in [-0.3, -0.25) is 9.59 Å². The van der Waals surface area contributed by atoms with E-state index in [1.165, 1.54) is 0 Å². The lowest BCUT2D eigenvalue weighted by molar-refractivity contribution is -0.142. The maximum absolute atomic E-state index is 12.1. The van der Waals surface area contributed by atoms with Crippen LogP contribution in [0.4, 0.5) is 0 Å². The Balaban J connectivity index is 2.71. The number of aryl methyl sites for hydroxylation is 1. The summed E-state index contributed by atoms with van der Waals surface area (Å²) in [5.41, 5.74) is 1.21. The molecular weight excluding hydrogens is 290 g/mol. The van der Waals surface area contributed by atoms with Crippen molar-refractivity contribution in [2.24, 2.45) is 11.3 Å². The minimum Gasteiger partial charge on any atom is -0.481 e. The zero-order chi connectivity index (χ0) is 16.2. The smallest absolute Gasteiger partial charge is 0.308 e. The van der Waals surface area contributed by atoms with Gasteiger partial charge in [0.2, 0.25) is 0 Å². The van der Waals surface area contributed by atoms with Crippen LogP contribution in [0.5, 0.6) is 0 Å². The number of hydrogen-bond acceptors (Lipinski definition) is 2. The highest BCUT2D eigenvalue weighted by Gasteiger charge is 2.25. The van der Waals surface area contributed by atoms with Gasteiger partial charge in [-0.25, -0.2) is 0 Å². The highest BCUT2D eigenvalue weighted by molar-refractivity contribution is 6.33. The summed E-state index contributed by atoms with van der Waals surface area (Å²) < 4.78 is 0. The molecule has 116 valence electrons. The van der Waals surface area contributed by atoms with Crippen LogP contribution in [0.1, 0.15) is 43.1 Å². The van der Waals surface area contributed by atoms with Crippen LogP contribution >= 0.6 is 11.6 Å². The summed E-state index contributed by atoms with van der Waals surface area (Å²) in [5.74, 6) is -1.86. The Labute approximate surface area is 130 Å². The average Bonchev–Trinajstić information content (AvgIpc) is 2.32. The van der Waals surface area contributed by atoms with Crippen molar-refractivity contribution >= 4 is 23.5 Å². The zero-order valence-electron chi connectivity index (χ0n) is 12.9. The fourth-order valence-electron chi connectivity index (χ4n) is 2.10. The number of carbonyl (C=O) groups excluding carboxylic acids is 1. The Bertz CT molecular complexity index is 535. The first kappa shape index (κ1) is 17.5. The van der Waals surface area contributed by atoms with E-state index in [-0.39, 0.29) is 17.9 Å². The molecule has 0 bridgehead atoms.